The molecule has 0 aliphatic rings. The fraction of sp³-hybridized carbons (Fsp3) is 0.556. The number of hydrogen-bond donors (Lipinski definition) is 0. The molecule has 0 saturated carbocycles. The highest BCUT2D eigenvalue weighted by Gasteiger charge is 2.01. The molecule has 12 heavy (non-hydrogen) atoms. The van der Waals surface area contributed by atoms with Crippen LogP contribution in [0.3, 0.4) is 0 Å². The smallest absolute Gasteiger partial charge is 0.216 e. The molecule has 0 aromatic carbocycles. The molecule has 0 spiro atoms. The summed E-state index contributed by atoms with van der Waals surface area (Å²) in [6.45, 7) is 4.01. The highest BCUT2D eigenvalue weighted by molar-refractivity contribution is 4.86. The van der Waals surface area contributed by atoms with Gasteiger partial charge in [-0.1, -0.05) is 19.1 Å². The first-order valence-corrected chi connectivity index (χ1v) is 4.29. The predicted octanol–water partition coefficient (Wildman–Crippen LogP) is 2.14. The van der Waals surface area contributed by atoms with Gasteiger partial charge in [0.2, 0.25) is 11.8 Å². The Morgan fingerprint density at radius 2 is 2.08 bits per heavy atom. The number of aromatic nitrogens is 2. The molecule has 1 aromatic heterocycles. The second kappa shape index (κ2) is 4.70. The summed E-state index contributed by atoms with van der Waals surface area (Å²) in [4.78, 5) is 0. The van der Waals surface area contributed by atoms with Gasteiger partial charge in [-0.2, -0.15) is 0 Å². The van der Waals surface area contributed by atoms with Gasteiger partial charge in [-0.05, 0) is 13.3 Å². The van der Waals surface area contributed by atoms with Crippen molar-refractivity contribution in [2.24, 2.45) is 0 Å². The Morgan fingerprint density at radius 1 is 1.33 bits per heavy atom. The van der Waals surface area contributed by atoms with Gasteiger partial charge in [0.15, 0.2) is 0 Å². The Balaban J connectivity index is 2.41. The molecule has 0 aliphatic heterocycles. The summed E-state index contributed by atoms with van der Waals surface area (Å²) in [5, 5.41) is 7.78. The Hall–Kier alpha value is -1.12. The summed E-state index contributed by atoms with van der Waals surface area (Å²) in [5.74, 6) is 1.47. The largest absolute Gasteiger partial charge is 0.425 e. The van der Waals surface area contributed by atoms with E-state index >= 15 is 0 Å². The lowest BCUT2D eigenvalue weighted by Crippen LogP contribution is -1.82. The van der Waals surface area contributed by atoms with E-state index in [2.05, 4.69) is 16.3 Å². The van der Waals surface area contributed by atoms with Crippen molar-refractivity contribution in [2.75, 3.05) is 0 Å². The van der Waals surface area contributed by atoms with E-state index in [0.717, 1.165) is 31.0 Å². The molecule has 1 rings (SSSR count). The number of nitrogens with zero attached hydrogens (tertiary/aromatic N) is 2. The summed E-state index contributed by atoms with van der Waals surface area (Å²) < 4.78 is 5.32. The van der Waals surface area contributed by atoms with Gasteiger partial charge in [0, 0.05) is 12.8 Å². The van der Waals surface area contributed by atoms with E-state index in [4.69, 9.17) is 4.42 Å². The van der Waals surface area contributed by atoms with Crippen molar-refractivity contribution in [3.8, 4) is 0 Å². The first-order chi connectivity index (χ1) is 5.86. The molecule has 3 heteroatoms. The summed E-state index contributed by atoms with van der Waals surface area (Å²) in [7, 11) is 0. The average Bonchev–Trinajstić information content (AvgIpc) is 2.53. The normalized spacial score (nSPS) is 11.2. The quantitative estimate of drug-likeness (QED) is 0.643. The maximum absolute atomic E-state index is 5.32. The molecule has 1 aromatic rings. The van der Waals surface area contributed by atoms with E-state index in [1.165, 1.54) is 0 Å². The van der Waals surface area contributed by atoms with Gasteiger partial charge in [0.05, 0.1) is 0 Å². The van der Waals surface area contributed by atoms with E-state index in [1.807, 2.05) is 19.9 Å². The summed E-state index contributed by atoms with van der Waals surface area (Å²) in [5.41, 5.74) is 0. The van der Waals surface area contributed by atoms with Crippen LogP contribution in [0.1, 0.15) is 32.0 Å². The predicted molar refractivity (Wildman–Crippen MR) is 46.8 cm³/mol. The van der Waals surface area contributed by atoms with E-state index in [1.54, 1.807) is 0 Å². The topological polar surface area (TPSA) is 38.9 Å². The molecule has 1 heterocycles. The van der Waals surface area contributed by atoms with Gasteiger partial charge in [-0.15, -0.1) is 10.2 Å². The van der Waals surface area contributed by atoms with Crippen molar-refractivity contribution in [2.45, 2.75) is 33.1 Å². The first kappa shape index (κ1) is 8.97. The highest BCUT2D eigenvalue weighted by Crippen LogP contribution is 2.03. The molecule has 0 amide bonds. The zero-order chi connectivity index (χ0) is 8.81. The van der Waals surface area contributed by atoms with Gasteiger partial charge >= 0.3 is 0 Å². The monoisotopic (exact) mass is 166 g/mol. The van der Waals surface area contributed by atoms with Crippen molar-refractivity contribution in [3.63, 3.8) is 0 Å². The Kier molecular flexibility index (Phi) is 3.51. The molecule has 0 saturated heterocycles. The van der Waals surface area contributed by atoms with Crippen LogP contribution in [0.15, 0.2) is 16.6 Å². The molecular formula is C9H14N2O. The summed E-state index contributed by atoms with van der Waals surface area (Å²) in [6.07, 6.45) is 6.75. The van der Waals surface area contributed by atoms with Gasteiger partial charge in [-0.25, -0.2) is 0 Å². The van der Waals surface area contributed by atoms with Gasteiger partial charge in [0.25, 0.3) is 0 Å². The number of aryl methyl sites for hydroxylation is 2. The molecule has 0 N–H and O–H groups in total. The van der Waals surface area contributed by atoms with E-state index in [0.29, 0.717) is 0 Å². The van der Waals surface area contributed by atoms with Crippen LogP contribution in [0.4, 0.5) is 0 Å². The summed E-state index contributed by atoms with van der Waals surface area (Å²) >= 11 is 0. The van der Waals surface area contributed by atoms with Gasteiger partial charge < -0.3 is 4.42 Å². The van der Waals surface area contributed by atoms with Crippen LogP contribution in [0, 0.1) is 0 Å². The number of allylic oxidation sites excluding steroid dienone is 2. The van der Waals surface area contributed by atoms with E-state index in [-0.39, 0.29) is 0 Å². The van der Waals surface area contributed by atoms with Crippen LogP contribution in [0.25, 0.3) is 0 Å². The fourth-order valence-electron chi connectivity index (χ4n) is 0.906. The molecule has 0 aliphatic carbocycles. The second-order valence-electron chi connectivity index (χ2n) is 2.55. The fourth-order valence-corrected chi connectivity index (χ4v) is 0.906. The lowest BCUT2D eigenvalue weighted by atomic mass is 10.3. The van der Waals surface area contributed by atoms with Crippen molar-refractivity contribution in [3.05, 3.63) is 23.9 Å². The average molecular weight is 166 g/mol. The molecule has 0 atom stereocenters. The van der Waals surface area contributed by atoms with Gasteiger partial charge in [-0.3, -0.25) is 0 Å². The van der Waals surface area contributed by atoms with Crippen molar-refractivity contribution in [1.29, 1.82) is 0 Å². The molecular weight excluding hydrogens is 152 g/mol. The van der Waals surface area contributed by atoms with Crippen LogP contribution in [-0.4, -0.2) is 10.2 Å². The Labute approximate surface area is 72.5 Å². The van der Waals surface area contributed by atoms with E-state index in [9.17, 15) is 0 Å². The Bertz CT molecular complexity index is 253. The SMILES string of the molecule is C/C=C/CCc1nnc(CC)o1. The third-order valence-corrected chi connectivity index (χ3v) is 1.57. The van der Waals surface area contributed by atoms with Crippen LogP contribution < -0.4 is 0 Å². The van der Waals surface area contributed by atoms with Gasteiger partial charge in [0.1, 0.15) is 0 Å². The maximum atomic E-state index is 5.32. The van der Waals surface area contributed by atoms with Crippen LogP contribution in [-0.2, 0) is 12.8 Å². The number of rotatable bonds is 4. The van der Waals surface area contributed by atoms with E-state index < -0.39 is 0 Å². The lowest BCUT2D eigenvalue weighted by Gasteiger charge is -1.87. The first-order valence-electron chi connectivity index (χ1n) is 4.29. The molecule has 0 unspecified atom stereocenters. The number of hydrogen-bond acceptors (Lipinski definition) is 3. The van der Waals surface area contributed by atoms with Crippen molar-refractivity contribution in [1.82, 2.24) is 10.2 Å². The Morgan fingerprint density at radius 3 is 2.67 bits per heavy atom. The lowest BCUT2D eigenvalue weighted by molar-refractivity contribution is 0.454. The standard InChI is InChI=1S/C9H14N2O/c1-3-5-6-7-9-11-10-8(4-2)12-9/h3,5H,4,6-7H2,1-2H3/b5-3+. The zero-order valence-electron chi connectivity index (χ0n) is 7.58. The molecule has 0 radical (unpaired) electrons. The third kappa shape index (κ3) is 2.49. The van der Waals surface area contributed by atoms with Crippen LogP contribution >= 0.6 is 0 Å². The minimum Gasteiger partial charge on any atom is -0.425 e. The molecule has 3 nitrogen and oxygen atoms in total. The van der Waals surface area contributed by atoms with Crippen LogP contribution in [0.2, 0.25) is 0 Å². The van der Waals surface area contributed by atoms with Crippen molar-refractivity contribution >= 4 is 0 Å². The third-order valence-electron chi connectivity index (χ3n) is 1.57. The van der Waals surface area contributed by atoms with Crippen molar-refractivity contribution < 1.29 is 4.42 Å². The second-order valence-corrected chi connectivity index (χ2v) is 2.55. The molecule has 0 bridgehead atoms. The molecule has 66 valence electrons. The molecule has 0 fully saturated rings. The minimum absolute atomic E-state index is 0.727. The zero-order valence-corrected chi connectivity index (χ0v) is 7.58. The highest BCUT2D eigenvalue weighted by atomic mass is 16.4. The summed E-state index contributed by atoms with van der Waals surface area (Å²) in [6, 6.07) is 0. The maximum Gasteiger partial charge on any atom is 0.216 e. The minimum atomic E-state index is 0.727. The van der Waals surface area contributed by atoms with Crippen LogP contribution in [0.5, 0.6) is 0 Å².